The molecule has 0 bridgehead atoms. The van der Waals surface area contributed by atoms with E-state index in [-0.39, 0.29) is 33.5 Å². The maximum atomic E-state index is 12.8. The van der Waals surface area contributed by atoms with E-state index in [1.807, 2.05) is 6.07 Å². The highest BCUT2D eigenvalue weighted by atomic mass is 32.1. The Morgan fingerprint density at radius 2 is 1.71 bits per heavy atom. The van der Waals surface area contributed by atoms with E-state index in [0.717, 1.165) is 11.3 Å². The van der Waals surface area contributed by atoms with Gasteiger partial charge in [-0.1, -0.05) is 18.2 Å². The highest BCUT2D eigenvalue weighted by Gasteiger charge is 2.27. The molecule has 35 heavy (non-hydrogen) atoms. The molecule has 182 valence electrons. The van der Waals surface area contributed by atoms with Gasteiger partial charge in [-0.15, -0.1) is 11.3 Å². The molecule has 0 aliphatic rings. The second kappa shape index (κ2) is 11.3. The largest absolute Gasteiger partial charge is 0.462 e. The number of ether oxygens (including phenoxy) is 2. The van der Waals surface area contributed by atoms with Crippen LogP contribution in [0, 0.1) is 6.92 Å². The molecular weight excluding hydrogens is 474 g/mol. The number of ketones is 1. The number of benzene rings is 1. The van der Waals surface area contributed by atoms with E-state index in [0.29, 0.717) is 16.8 Å². The van der Waals surface area contributed by atoms with E-state index in [1.54, 1.807) is 38.1 Å². The Hall–Kier alpha value is -4.25. The number of amides is 2. The number of esters is 2. The molecule has 2 aromatic heterocycles. The van der Waals surface area contributed by atoms with Crippen LogP contribution in [0.2, 0.25) is 0 Å². The van der Waals surface area contributed by atoms with Gasteiger partial charge in [-0.05, 0) is 44.5 Å². The van der Waals surface area contributed by atoms with Crippen molar-refractivity contribution in [2.75, 3.05) is 23.8 Å². The van der Waals surface area contributed by atoms with Gasteiger partial charge in [-0.2, -0.15) is 0 Å². The quantitative estimate of drug-likeness (QED) is 0.301. The molecule has 0 saturated carbocycles. The van der Waals surface area contributed by atoms with Crippen LogP contribution in [0.1, 0.15) is 60.3 Å². The summed E-state index contributed by atoms with van der Waals surface area (Å²) in [5.41, 5.74) is 1.28. The van der Waals surface area contributed by atoms with Crippen molar-refractivity contribution in [3.05, 3.63) is 69.9 Å². The SMILES string of the molecule is CCOC(=O)c1c(NC(=O)COC(=O)c2cc(C(C)=O)c[nH]2)sc(C(=O)Nc2ccccc2)c1C. The van der Waals surface area contributed by atoms with E-state index in [4.69, 9.17) is 9.47 Å². The Kier molecular flexibility index (Phi) is 8.16. The van der Waals surface area contributed by atoms with Crippen molar-refractivity contribution in [1.82, 2.24) is 4.98 Å². The van der Waals surface area contributed by atoms with E-state index in [1.165, 1.54) is 19.2 Å². The Labute approximate surface area is 204 Å². The molecule has 0 fully saturated rings. The molecule has 0 radical (unpaired) electrons. The van der Waals surface area contributed by atoms with Gasteiger partial charge in [0.1, 0.15) is 10.7 Å². The van der Waals surface area contributed by atoms with Gasteiger partial charge >= 0.3 is 11.9 Å². The third-order valence-corrected chi connectivity index (χ3v) is 5.97. The van der Waals surface area contributed by atoms with E-state index in [2.05, 4.69) is 15.6 Å². The van der Waals surface area contributed by atoms with Gasteiger partial charge in [0.15, 0.2) is 12.4 Å². The van der Waals surface area contributed by atoms with Gasteiger partial charge in [0.05, 0.1) is 17.0 Å². The van der Waals surface area contributed by atoms with Crippen LogP contribution in [0.3, 0.4) is 0 Å². The molecule has 0 aliphatic heterocycles. The number of hydrogen-bond acceptors (Lipinski definition) is 8. The predicted molar refractivity (Wildman–Crippen MR) is 129 cm³/mol. The third-order valence-electron chi connectivity index (χ3n) is 4.76. The molecule has 0 aliphatic carbocycles. The smallest absolute Gasteiger partial charge is 0.355 e. The number of rotatable bonds is 9. The first kappa shape index (κ1) is 25.4. The lowest BCUT2D eigenvalue weighted by atomic mass is 10.1. The van der Waals surface area contributed by atoms with Gasteiger partial charge in [-0.3, -0.25) is 14.4 Å². The summed E-state index contributed by atoms with van der Waals surface area (Å²) in [6.45, 7) is 4.01. The number of aromatic amines is 1. The van der Waals surface area contributed by atoms with Crippen LogP contribution < -0.4 is 10.6 Å². The Bertz CT molecular complexity index is 1280. The molecule has 10 nitrogen and oxygen atoms in total. The zero-order chi connectivity index (χ0) is 25.5. The molecule has 0 saturated heterocycles. The van der Waals surface area contributed by atoms with E-state index >= 15 is 0 Å². The lowest BCUT2D eigenvalue weighted by Gasteiger charge is -2.07. The van der Waals surface area contributed by atoms with Gasteiger partial charge in [0, 0.05) is 17.4 Å². The predicted octanol–water partition coefficient (Wildman–Crippen LogP) is 3.81. The topological polar surface area (TPSA) is 144 Å². The minimum absolute atomic E-state index is 0.0158. The van der Waals surface area contributed by atoms with Crippen LogP contribution >= 0.6 is 11.3 Å². The average Bonchev–Trinajstić information content (AvgIpc) is 3.44. The van der Waals surface area contributed by atoms with Gasteiger partial charge in [-0.25, -0.2) is 9.59 Å². The lowest BCUT2D eigenvalue weighted by Crippen LogP contribution is -2.22. The second-order valence-corrected chi connectivity index (χ2v) is 8.30. The fraction of sp³-hybridized carbons (Fsp3) is 0.208. The number of para-hydroxylation sites is 1. The third kappa shape index (κ3) is 6.21. The normalized spacial score (nSPS) is 10.4. The highest BCUT2D eigenvalue weighted by Crippen LogP contribution is 2.34. The number of Topliss-reactive ketones (excluding diaryl/α,β-unsaturated/α-hetero) is 1. The van der Waals surface area contributed by atoms with Crippen molar-refractivity contribution in [2.24, 2.45) is 0 Å². The number of hydrogen-bond donors (Lipinski definition) is 3. The molecule has 3 rings (SSSR count). The van der Waals surface area contributed by atoms with Crippen LogP contribution in [0.25, 0.3) is 0 Å². The summed E-state index contributed by atoms with van der Waals surface area (Å²) in [5.74, 6) is -2.94. The number of thiophene rings is 1. The van der Waals surface area contributed by atoms with Gasteiger partial charge < -0.3 is 25.1 Å². The zero-order valence-corrected chi connectivity index (χ0v) is 20.0. The first-order chi connectivity index (χ1) is 16.7. The number of anilines is 2. The Balaban J connectivity index is 1.75. The van der Waals surface area contributed by atoms with Crippen LogP contribution in [0.5, 0.6) is 0 Å². The summed E-state index contributed by atoms with van der Waals surface area (Å²) in [5, 5.41) is 5.36. The average molecular weight is 498 g/mol. The highest BCUT2D eigenvalue weighted by molar-refractivity contribution is 7.19. The number of H-pyrrole nitrogens is 1. The first-order valence-electron chi connectivity index (χ1n) is 10.5. The van der Waals surface area contributed by atoms with E-state index in [9.17, 15) is 24.0 Å². The fourth-order valence-corrected chi connectivity index (χ4v) is 4.17. The molecule has 3 N–H and O–H groups in total. The summed E-state index contributed by atoms with van der Waals surface area (Å²) >= 11 is 0.904. The van der Waals surface area contributed by atoms with Crippen molar-refractivity contribution in [2.45, 2.75) is 20.8 Å². The minimum atomic E-state index is -0.830. The van der Waals surface area contributed by atoms with Crippen LogP contribution in [0.4, 0.5) is 10.7 Å². The molecular formula is C24H23N3O7S. The molecule has 2 amide bonds. The monoisotopic (exact) mass is 497 g/mol. The van der Waals surface area contributed by atoms with Crippen LogP contribution in [0.15, 0.2) is 42.6 Å². The Morgan fingerprint density at radius 3 is 2.34 bits per heavy atom. The molecule has 3 aromatic rings. The number of carbonyl (C=O) groups is 5. The van der Waals surface area contributed by atoms with Crippen molar-refractivity contribution in [1.29, 1.82) is 0 Å². The standard InChI is InChI=1S/C24H23N3O7S/c1-4-33-24(32)19-13(2)20(21(30)26-16-8-6-5-7-9-16)35-22(19)27-18(29)12-34-23(31)17-10-15(11-25-17)14(3)28/h5-11,25H,4,12H2,1-3H3,(H,26,30)(H,27,29). The van der Waals surface area contributed by atoms with Crippen molar-refractivity contribution in [3.8, 4) is 0 Å². The first-order valence-corrected chi connectivity index (χ1v) is 11.4. The number of nitrogens with one attached hydrogen (secondary N) is 3. The van der Waals surface area contributed by atoms with Gasteiger partial charge in [0.25, 0.3) is 11.8 Å². The van der Waals surface area contributed by atoms with Crippen LogP contribution in [-0.4, -0.2) is 47.7 Å². The number of carbonyl (C=O) groups excluding carboxylic acids is 5. The zero-order valence-electron chi connectivity index (χ0n) is 19.2. The number of aromatic nitrogens is 1. The molecule has 2 heterocycles. The summed E-state index contributed by atoms with van der Waals surface area (Å²) in [4.78, 5) is 64.2. The molecule has 1 aromatic carbocycles. The molecule has 0 unspecified atom stereocenters. The summed E-state index contributed by atoms with van der Waals surface area (Å²) in [6, 6.07) is 10.1. The van der Waals surface area contributed by atoms with Crippen molar-refractivity contribution < 1.29 is 33.4 Å². The van der Waals surface area contributed by atoms with E-state index < -0.39 is 30.4 Å². The van der Waals surface area contributed by atoms with Gasteiger partial charge in [0.2, 0.25) is 0 Å². The van der Waals surface area contributed by atoms with Crippen molar-refractivity contribution in [3.63, 3.8) is 0 Å². The fourth-order valence-electron chi connectivity index (χ4n) is 3.06. The Morgan fingerprint density at radius 1 is 1.00 bits per heavy atom. The molecule has 11 heteroatoms. The summed E-state index contributed by atoms with van der Waals surface area (Å²) < 4.78 is 10.1. The van der Waals surface area contributed by atoms with Crippen molar-refractivity contribution >= 4 is 51.6 Å². The maximum absolute atomic E-state index is 12.8. The molecule has 0 spiro atoms. The minimum Gasteiger partial charge on any atom is -0.462 e. The molecule has 0 atom stereocenters. The lowest BCUT2D eigenvalue weighted by molar-refractivity contribution is -0.119. The van der Waals surface area contributed by atoms with Crippen LogP contribution in [-0.2, 0) is 14.3 Å². The summed E-state index contributed by atoms with van der Waals surface area (Å²) in [6.07, 6.45) is 1.36. The second-order valence-electron chi connectivity index (χ2n) is 7.28. The summed E-state index contributed by atoms with van der Waals surface area (Å²) in [7, 11) is 0. The maximum Gasteiger partial charge on any atom is 0.355 e.